The topological polar surface area (TPSA) is 109 Å². The summed E-state index contributed by atoms with van der Waals surface area (Å²) in [7, 11) is 0. The van der Waals surface area contributed by atoms with E-state index in [0.717, 1.165) is 17.7 Å². The van der Waals surface area contributed by atoms with Crippen LogP contribution < -0.4 is 5.32 Å². The van der Waals surface area contributed by atoms with Crippen LogP contribution in [0.3, 0.4) is 0 Å². The summed E-state index contributed by atoms with van der Waals surface area (Å²) in [4.78, 5) is 36.4. The Morgan fingerprint density at radius 1 is 1.07 bits per heavy atom. The Hall–Kier alpha value is -3.35. The van der Waals surface area contributed by atoms with Crippen molar-refractivity contribution in [2.45, 2.75) is 24.8 Å². The Balaban J connectivity index is 1.86. The Labute approximate surface area is 154 Å². The van der Waals surface area contributed by atoms with Gasteiger partial charge in [0.25, 0.3) is 5.91 Å². The molecule has 0 radical (unpaired) electrons. The first kappa shape index (κ1) is 17.1. The van der Waals surface area contributed by atoms with E-state index in [1.165, 1.54) is 0 Å². The average Bonchev–Trinajstić information content (AvgIpc) is 3.05. The predicted molar refractivity (Wildman–Crippen MR) is 96.9 cm³/mol. The lowest BCUT2D eigenvalue weighted by atomic mass is 9.69. The van der Waals surface area contributed by atoms with Gasteiger partial charge in [0.1, 0.15) is 17.7 Å². The van der Waals surface area contributed by atoms with E-state index < -0.39 is 35.5 Å². The number of ketones is 1. The van der Waals surface area contributed by atoms with Crippen LogP contribution in [0.15, 0.2) is 48.0 Å². The van der Waals surface area contributed by atoms with Crippen LogP contribution in [0, 0.1) is 0 Å². The maximum atomic E-state index is 13.2. The van der Waals surface area contributed by atoms with Crippen molar-refractivity contribution in [3.05, 3.63) is 53.7 Å². The smallest absolute Gasteiger partial charge is 0.322 e. The fourth-order valence-corrected chi connectivity index (χ4v) is 3.90. The van der Waals surface area contributed by atoms with Crippen molar-refractivity contribution in [2.75, 3.05) is 6.54 Å². The zero-order valence-corrected chi connectivity index (χ0v) is 14.4. The van der Waals surface area contributed by atoms with Crippen molar-refractivity contribution < 1.29 is 24.6 Å². The fourth-order valence-electron chi connectivity index (χ4n) is 3.90. The van der Waals surface area contributed by atoms with Gasteiger partial charge in [-0.05, 0) is 37.0 Å². The molecule has 0 bridgehead atoms. The summed E-state index contributed by atoms with van der Waals surface area (Å²) < 4.78 is 1.83. The standard InChI is InChI=1S/C20H18N2O5/c23-15(24)11-21-19(27)16-17(25)14-8-7-13(12-5-2-1-3-6-12)22(14)20(18(16)26)9-4-10-20/h1-3,5-8,25H,4,9-11H2,(H,21,27)(H,23,24). The molecule has 2 aromatic rings. The highest BCUT2D eigenvalue weighted by molar-refractivity contribution is 6.27. The minimum absolute atomic E-state index is 0.360. The maximum absolute atomic E-state index is 13.2. The molecule has 1 aromatic heterocycles. The van der Waals surface area contributed by atoms with Crippen molar-refractivity contribution in [2.24, 2.45) is 0 Å². The lowest BCUT2D eigenvalue weighted by Crippen LogP contribution is -2.53. The summed E-state index contributed by atoms with van der Waals surface area (Å²) in [5.41, 5.74) is 0.839. The number of aliphatic hydroxyl groups is 1. The molecule has 27 heavy (non-hydrogen) atoms. The molecule has 3 N–H and O–H groups in total. The zero-order chi connectivity index (χ0) is 19.2. The third kappa shape index (κ3) is 2.46. The Morgan fingerprint density at radius 2 is 1.74 bits per heavy atom. The van der Waals surface area contributed by atoms with Gasteiger partial charge in [-0.15, -0.1) is 0 Å². The van der Waals surface area contributed by atoms with Gasteiger partial charge in [0.05, 0.1) is 5.69 Å². The van der Waals surface area contributed by atoms with Crippen LogP contribution >= 0.6 is 0 Å². The summed E-state index contributed by atoms with van der Waals surface area (Å²) in [6.45, 7) is -0.619. The third-order valence-electron chi connectivity index (χ3n) is 5.32. The summed E-state index contributed by atoms with van der Waals surface area (Å²) in [5.74, 6) is -2.96. The minimum atomic E-state index is -1.22. The van der Waals surface area contributed by atoms with E-state index >= 15 is 0 Å². The molecule has 1 fully saturated rings. The van der Waals surface area contributed by atoms with Crippen molar-refractivity contribution >= 4 is 23.4 Å². The number of aromatic nitrogens is 1. The molecule has 138 valence electrons. The first-order valence-corrected chi connectivity index (χ1v) is 8.72. The van der Waals surface area contributed by atoms with Crippen molar-refractivity contribution in [1.82, 2.24) is 9.88 Å². The van der Waals surface area contributed by atoms with Crippen LogP contribution in [0.5, 0.6) is 0 Å². The molecular formula is C20H18N2O5. The highest BCUT2D eigenvalue weighted by atomic mass is 16.4. The first-order valence-electron chi connectivity index (χ1n) is 8.72. The van der Waals surface area contributed by atoms with Crippen LogP contribution in [-0.2, 0) is 19.9 Å². The maximum Gasteiger partial charge on any atom is 0.322 e. The van der Waals surface area contributed by atoms with Gasteiger partial charge in [-0.1, -0.05) is 30.3 Å². The molecule has 7 nitrogen and oxygen atoms in total. The van der Waals surface area contributed by atoms with Gasteiger partial charge in [-0.25, -0.2) is 0 Å². The number of Topliss-reactive ketones (excluding diaryl/α,β-unsaturated/α-hetero) is 1. The number of nitrogens with one attached hydrogen (secondary N) is 1. The van der Waals surface area contributed by atoms with Gasteiger partial charge >= 0.3 is 5.97 Å². The number of rotatable bonds is 4. The number of hydrogen-bond acceptors (Lipinski definition) is 4. The normalized spacial score (nSPS) is 17.4. The number of fused-ring (bicyclic) bond motifs is 2. The van der Waals surface area contributed by atoms with Gasteiger partial charge in [0.2, 0.25) is 0 Å². The van der Waals surface area contributed by atoms with Crippen molar-refractivity contribution in [3.8, 4) is 11.3 Å². The van der Waals surface area contributed by atoms with E-state index in [2.05, 4.69) is 5.32 Å². The van der Waals surface area contributed by atoms with E-state index in [1.54, 1.807) is 6.07 Å². The summed E-state index contributed by atoms with van der Waals surface area (Å²) in [6.07, 6.45) is 1.97. The molecule has 0 atom stereocenters. The number of carboxylic acids is 1. The van der Waals surface area contributed by atoms with Gasteiger partial charge in [-0.3, -0.25) is 14.4 Å². The predicted octanol–water partition coefficient (Wildman–Crippen LogP) is 2.09. The van der Waals surface area contributed by atoms with E-state index in [9.17, 15) is 19.5 Å². The molecule has 1 aromatic carbocycles. The van der Waals surface area contributed by atoms with Gasteiger partial charge < -0.3 is 20.1 Å². The number of nitrogens with zero attached hydrogens (tertiary/aromatic N) is 1. The van der Waals surface area contributed by atoms with E-state index in [0.29, 0.717) is 18.5 Å². The number of carbonyl (C=O) groups is 3. The number of aliphatic carboxylic acids is 1. The second-order valence-electron chi connectivity index (χ2n) is 6.82. The molecule has 1 spiro atoms. The molecule has 0 unspecified atom stereocenters. The fraction of sp³-hybridized carbons (Fsp3) is 0.250. The molecule has 1 aliphatic heterocycles. The summed E-state index contributed by atoms with van der Waals surface area (Å²) >= 11 is 0. The quantitative estimate of drug-likeness (QED) is 0.718. The lowest BCUT2D eigenvalue weighted by Gasteiger charge is -2.46. The minimum Gasteiger partial charge on any atom is -0.505 e. The zero-order valence-electron chi connectivity index (χ0n) is 14.4. The lowest BCUT2D eigenvalue weighted by molar-refractivity contribution is -0.138. The van der Waals surface area contributed by atoms with E-state index in [1.807, 2.05) is 41.0 Å². The van der Waals surface area contributed by atoms with Crippen LogP contribution in [0.25, 0.3) is 17.0 Å². The SMILES string of the molecule is O=C(O)CNC(=O)C1=C(O)c2ccc(-c3ccccc3)n2C2(CCC2)C1=O. The molecule has 7 heteroatoms. The van der Waals surface area contributed by atoms with Crippen LogP contribution in [0.2, 0.25) is 0 Å². The number of aliphatic hydroxyl groups excluding tert-OH is 1. The van der Waals surface area contributed by atoms with Crippen LogP contribution in [0.1, 0.15) is 25.0 Å². The van der Waals surface area contributed by atoms with Crippen LogP contribution in [0.4, 0.5) is 0 Å². The molecular weight excluding hydrogens is 348 g/mol. The largest absolute Gasteiger partial charge is 0.505 e. The molecule has 2 heterocycles. The molecule has 2 aliphatic rings. The third-order valence-corrected chi connectivity index (χ3v) is 5.32. The highest BCUT2D eigenvalue weighted by Crippen LogP contribution is 2.49. The second kappa shape index (κ2) is 6.12. The van der Waals surface area contributed by atoms with Gasteiger partial charge in [0.15, 0.2) is 11.5 Å². The molecule has 1 amide bonds. The Kier molecular flexibility index (Phi) is 3.87. The van der Waals surface area contributed by atoms with Crippen LogP contribution in [-0.4, -0.2) is 39.0 Å². The molecule has 0 saturated heterocycles. The van der Waals surface area contributed by atoms with Crippen molar-refractivity contribution in [3.63, 3.8) is 0 Å². The average molecular weight is 366 g/mol. The summed E-state index contributed by atoms with van der Waals surface area (Å²) in [6, 6.07) is 13.1. The first-order chi connectivity index (χ1) is 13.0. The van der Waals surface area contributed by atoms with E-state index in [-0.39, 0.29) is 5.57 Å². The number of amides is 1. The number of carboxylic acid groups (broad SMARTS) is 1. The Bertz CT molecular complexity index is 983. The van der Waals surface area contributed by atoms with Crippen molar-refractivity contribution in [1.29, 1.82) is 0 Å². The molecule has 4 rings (SSSR count). The monoisotopic (exact) mass is 366 g/mol. The highest BCUT2D eigenvalue weighted by Gasteiger charge is 2.53. The second-order valence-corrected chi connectivity index (χ2v) is 6.82. The summed E-state index contributed by atoms with van der Waals surface area (Å²) in [5, 5.41) is 21.6. The number of carbonyl (C=O) groups excluding carboxylic acids is 2. The van der Waals surface area contributed by atoms with E-state index in [4.69, 9.17) is 5.11 Å². The molecule has 1 aliphatic carbocycles. The number of hydrogen-bond donors (Lipinski definition) is 3. The van der Waals surface area contributed by atoms with Gasteiger partial charge in [-0.2, -0.15) is 0 Å². The Morgan fingerprint density at radius 3 is 2.33 bits per heavy atom. The van der Waals surface area contributed by atoms with Gasteiger partial charge in [0, 0.05) is 5.69 Å². The number of benzene rings is 1. The molecule has 1 saturated carbocycles.